The average molecular weight is 477 g/mol. The minimum atomic E-state index is 0.128. The molecule has 0 unspecified atom stereocenters. The molecular weight excluding hydrogens is 452 g/mol. The third-order valence-corrected chi connectivity index (χ3v) is 7.35. The number of thioether (sulfide) groups is 1. The summed E-state index contributed by atoms with van der Waals surface area (Å²) in [7, 11) is 0. The van der Waals surface area contributed by atoms with Crippen LogP contribution in [0.1, 0.15) is 10.7 Å². The van der Waals surface area contributed by atoms with Crippen molar-refractivity contribution in [2.24, 2.45) is 0 Å². The molecule has 1 fully saturated rings. The van der Waals surface area contributed by atoms with Crippen molar-refractivity contribution in [3.05, 3.63) is 82.9 Å². The van der Waals surface area contributed by atoms with Gasteiger partial charge in [-0.2, -0.15) is 0 Å². The van der Waals surface area contributed by atoms with Crippen molar-refractivity contribution in [2.45, 2.75) is 11.6 Å². The van der Waals surface area contributed by atoms with E-state index in [-0.39, 0.29) is 5.91 Å². The monoisotopic (exact) mass is 476 g/mol. The molecule has 0 aliphatic carbocycles. The lowest BCUT2D eigenvalue weighted by Gasteiger charge is -2.35. The van der Waals surface area contributed by atoms with E-state index in [0.717, 1.165) is 35.6 Å². The van der Waals surface area contributed by atoms with E-state index in [2.05, 4.69) is 36.1 Å². The summed E-state index contributed by atoms with van der Waals surface area (Å²) in [5.74, 6) is 2.31. The standard InChI is InChI=1S/C24H24N6OS2/c31-23(29-14-12-28(13-15-29)21-10-4-5-11-25-21)18-33-24-27-26-22(17-20-9-6-16-32-20)30(24)19-7-2-1-3-8-19/h1-11,16H,12-15,17-18H2. The molecule has 1 amide bonds. The van der Waals surface area contributed by atoms with Gasteiger partial charge in [-0.05, 0) is 35.7 Å². The number of benzene rings is 1. The number of hydrogen-bond acceptors (Lipinski definition) is 7. The number of carbonyl (C=O) groups excluding carboxylic acids is 1. The van der Waals surface area contributed by atoms with Crippen molar-refractivity contribution in [1.82, 2.24) is 24.6 Å². The molecule has 1 aromatic carbocycles. The van der Waals surface area contributed by atoms with Gasteiger partial charge in [0.15, 0.2) is 5.16 Å². The van der Waals surface area contributed by atoms with Crippen LogP contribution < -0.4 is 4.90 Å². The molecule has 7 nitrogen and oxygen atoms in total. The van der Waals surface area contributed by atoms with Crippen LogP contribution >= 0.6 is 23.1 Å². The van der Waals surface area contributed by atoms with Crippen LogP contribution in [0.5, 0.6) is 0 Å². The first-order valence-corrected chi connectivity index (χ1v) is 12.7. The molecule has 0 atom stereocenters. The van der Waals surface area contributed by atoms with Crippen molar-refractivity contribution in [3.63, 3.8) is 0 Å². The topological polar surface area (TPSA) is 67.2 Å². The molecule has 1 aliphatic rings. The summed E-state index contributed by atoms with van der Waals surface area (Å²) in [5.41, 5.74) is 1.01. The number of rotatable bonds is 7. The minimum Gasteiger partial charge on any atom is -0.353 e. The van der Waals surface area contributed by atoms with Gasteiger partial charge in [0, 0.05) is 49.4 Å². The highest BCUT2D eigenvalue weighted by molar-refractivity contribution is 7.99. The van der Waals surface area contributed by atoms with Crippen LogP contribution in [0.2, 0.25) is 0 Å². The van der Waals surface area contributed by atoms with Crippen LogP contribution in [0.4, 0.5) is 5.82 Å². The summed E-state index contributed by atoms with van der Waals surface area (Å²) in [4.78, 5) is 22.7. The Labute approximate surface area is 201 Å². The van der Waals surface area contributed by atoms with E-state index < -0.39 is 0 Å². The van der Waals surface area contributed by atoms with Gasteiger partial charge in [0.1, 0.15) is 11.6 Å². The zero-order chi connectivity index (χ0) is 22.5. The maximum absolute atomic E-state index is 12.9. The average Bonchev–Trinajstić information content (AvgIpc) is 3.54. The summed E-state index contributed by atoms with van der Waals surface area (Å²) in [6.45, 7) is 2.98. The number of anilines is 1. The first-order valence-electron chi connectivity index (χ1n) is 10.9. The largest absolute Gasteiger partial charge is 0.353 e. The minimum absolute atomic E-state index is 0.128. The molecule has 168 valence electrons. The first-order chi connectivity index (χ1) is 16.3. The third-order valence-electron chi connectivity index (χ3n) is 5.56. The highest BCUT2D eigenvalue weighted by atomic mass is 32.2. The Hall–Kier alpha value is -3.17. The van der Waals surface area contributed by atoms with Gasteiger partial charge < -0.3 is 9.80 Å². The molecule has 3 aromatic heterocycles. The van der Waals surface area contributed by atoms with Gasteiger partial charge in [-0.3, -0.25) is 9.36 Å². The fraction of sp³-hybridized carbons (Fsp3) is 0.250. The van der Waals surface area contributed by atoms with Crippen LogP contribution in [0, 0.1) is 0 Å². The van der Waals surface area contributed by atoms with Crippen LogP contribution in [0.3, 0.4) is 0 Å². The molecule has 4 heterocycles. The van der Waals surface area contributed by atoms with Gasteiger partial charge in [0.2, 0.25) is 5.91 Å². The lowest BCUT2D eigenvalue weighted by molar-refractivity contribution is -0.128. The Bertz CT molecular complexity index is 1170. The normalized spacial score (nSPS) is 13.9. The van der Waals surface area contributed by atoms with Crippen LogP contribution in [-0.2, 0) is 11.2 Å². The maximum Gasteiger partial charge on any atom is 0.233 e. The van der Waals surface area contributed by atoms with Crippen molar-refractivity contribution >= 4 is 34.8 Å². The van der Waals surface area contributed by atoms with E-state index in [4.69, 9.17) is 0 Å². The van der Waals surface area contributed by atoms with Gasteiger partial charge in [-0.25, -0.2) is 4.98 Å². The number of nitrogens with zero attached hydrogens (tertiary/aromatic N) is 6. The summed E-state index contributed by atoms with van der Waals surface area (Å²) in [5, 5.41) is 11.7. The number of amides is 1. The zero-order valence-electron chi connectivity index (χ0n) is 18.1. The van der Waals surface area contributed by atoms with Crippen LogP contribution in [-0.4, -0.2) is 62.5 Å². The van der Waals surface area contributed by atoms with E-state index in [1.165, 1.54) is 16.6 Å². The first kappa shape index (κ1) is 21.7. The maximum atomic E-state index is 12.9. The Morgan fingerprint density at radius 3 is 2.48 bits per heavy atom. The molecule has 33 heavy (non-hydrogen) atoms. The van der Waals surface area contributed by atoms with Gasteiger partial charge in [-0.15, -0.1) is 21.5 Å². The van der Waals surface area contributed by atoms with E-state index in [0.29, 0.717) is 25.3 Å². The number of hydrogen-bond donors (Lipinski definition) is 0. The lowest BCUT2D eigenvalue weighted by Crippen LogP contribution is -2.49. The van der Waals surface area contributed by atoms with Gasteiger partial charge >= 0.3 is 0 Å². The van der Waals surface area contributed by atoms with Gasteiger partial charge in [0.05, 0.1) is 5.75 Å². The molecule has 0 radical (unpaired) electrons. The smallest absolute Gasteiger partial charge is 0.233 e. The van der Waals surface area contributed by atoms with E-state index in [9.17, 15) is 4.79 Å². The Balaban J connectivity index is 1.25. The second-order valence-electron chi connectivity index (χ2n) is 7.67. The Morgan fingerprint density at radius 1 is 0.939 bits per heavy atom. The highest BCUT2D eigenvalue weighted by Gasteiger charge is 2.23. The quantitative estimate of drug-likeness (QED) is 0.379. The predicted octanol–water partition coefficient (Wildman–Crippen LogP) is 3.76. The molecule has 1 aliphatic heterocycles. The molecule has 9 heteroatoms. The summed E-state index contributed by atoms with van der Waals surface area (Å²) in [6.07, 6.45) is 2.52. The molecule has 0 saturated carbocycles. The number of pyridine rings is 1. The molecule has 0 spiro atoms. The Kier molecular flexibility index (Phi) is 6.68. The van der Waals surface area contributed by atoms with E-state index >= 15 is 0 Å². The molecule has 5 rings (SSSR count). The lowest BCUT2D eigenvalue weighted by atomic mass is 10.3. The van der Waals surface area contributed by atoms with Crippen LogP contribution in [0.25, 0.3) is 5.69 Å². The molecule has 0 bridgehead atoms. The molecular formula is C24H24N6OS2. The summed E-state index contributed by atoms with van der Waals surface area (Å²) >= 11 is 3.16. The molecule has 4 aromatic rings. The highest BCUT2D eigenvalue weighted by Crippen LogP contribution is 2.25. The zero-order valence-corrected chi connectivity index (χ0v) is 19.7. The van der Waals surface area contributed by atoms with Crippen molar-refractivity contribution < 1.29 is 4.79 Å². The van der Waals surface area contributed by atoms with Crippen molar-refractivity contribution in [2.75, 3.05) is 36.8 Å². The third kappa shape index (κ3) is 5.09. The number of piperazine rings is 1. The summed E-state index contributed by atoms with van der Waals surface area (Å²) < 4.78 is 2.07. The number of para-hydroxylation sites is 1. The van der Waals surface area contributed by atoms with Gasteiger partial charge in [-0.1, -0.05) is 42.1 Å². The number of aromatic nitrogens is 4. The van der Waals surface area contributed by atoms with E-state index in [1.807, 2.05) is 59.5 Å². The van der Waals surface area contributed by atoms with Crippen LogP contribution in [0.15, 0.2) is 77.4 Å². The van der Waals surface area contributed by atoms with E-state index in [1.54, 1.807) is 17.5 Å². The summed E-state index contributed by atoms with van der Waals surface area (Å²) in [6, 6.07) is 20.2. The molecule has 0 N–H and O–H groups in total. The van der Waals surface area contributed by atoms with Crippen molar-refractivity contribution in [3.8, 4) is 5.69 Å². The fourth-order valence-corrected chi connectivity index (χ4v) is 5.43. The fourth-order valence-electron chi connectivity index (χ4n) is 3.86. The SMILES string of the molecule is O=C(CSc1nnc(Cc2cccs2)n1-c1ccccc1)N1CCN(c2ccccn2)CC1. The second-order valence-corrected chi connectivity index (χ2v) is 9.65. The number of thiophene rings is 1. The van der Waals surface area contributed by atoms with Crippen molar-refractivity contribution in [1.29, 1.82) is 0 Å². The predicted molar refractivity (Wildman–Crippen MR) is 132 cm³/mol. The van der Waals surface area contributed by atoms with Gasteiger partial charge in [0.25, 0.3) is 0 Å². The Morgan fingerprint density at radius 2 is 1.76 bits per heavy atom. The second kappa shape index (κ2) is 10.2. The molecule has 1 saturated heterocycles. The number of carbonyl (C=O) groups is 1.